The van der Waals surface area contributed by atoms with Gasteiger partial charge in [-0.15, -0.1) is 0 Å². The Labute approximate surface area is 165 Å². The van der Waals surface area contributed by atoms with Gasteiger partial charge in [-0.2, -0.15) is 0 Å². The topological polar surface area (TPSA) is 124 Å². The Morgan fingerprint density at radius 3 is 2.18 bits per heavy atom. The minimum Gasteiger partial charge on any atom is -0.487 e. The molecule has 0 atom stereocenters. The third-order valence-electron chi connectivity index (χ3n) is 3.01. The molecule has 0 aromatic heterocycles. The van der Waals surface area contributed by atoms with E-state index in [-0.39, 0.29) is 6.10 Å². The lowest BCUT2D eigenvalue weighted by atomic mass is 10.3. The number of hydrogen-bond acceptors (Lipinski definition) is 7. The van der Waals surface area contributed by atoms with Crippen molar-refractivity contribution in [2.24, 2.45) is 0 Å². The lowest BCUT2D eigenvalue weighted by molar-refractivity contribution is -0.159. The molecular weight excluding hydrogens is 370 g/mol. The molecule has 0 aliphatic heterocycles. The summed E-state index contributed by atoms with van der Waals surface area (Å²) in [4.78, 5) is 18.2. The molecule has 9 nitrogen and oxygen atoms in total. The number of hydrogen-bond donors (Lipinski definition) is 3. The van der Waals surface area contributed by atoms with Crippen molar-refractivity contribution >= 4 is 11.9 Å². The maximum atomic E-state index is 9.10. The van der Waals surface area contributed by atoms with Gasteiger partial charge in [0, 0.05) is 20.3 Å². The standard InChI is InChI=1S/C17H29NO4.C2H2O4/c1-15(2)22-17-8-5-4-7-16(17)21-14-13-20-12-10-18-9-6-11-19-3;3-1(4)2(5)6/h4-5,7-8,15,18H,6,9-14H2,1-3H3;(H,3,4)(H,5,6). The van der Waals surface area contributed by atoms with Gasteiger partial charge in [-0.05, 0) is 38.9 Å². The Morgan fingerprint density at radius 1 is 0.964 bits per heavy atom. The highest BCUT2D eigenvalue weighted by Gasteiger charge is 2.05. The second-order valence-electron chi connectivity index (χ2n) is 5.78. The molecule has 3 N–H and O–H groups in total. The molecule has 0 heterocycles. The van der Waals surface area contributed by atoms with Crippen LogP contribution in [0.5, 0.6) is 11.5 Å². The van der Waals surface area contributed by atoms with E-state index in [1.807, 2.05) is 38.1 Å². The molecule has 9 heteroatoms. The Bertz CT molecular complexity index is 538. The van der Waals surface area contributed by atoms with Crippen molar-refractivity contribution in [1.82, 2.24) is 5.32 Å². The highest BCUT2D eigenvalue weighted by Crippen LogP contribution is 2.27. The second-order valence-corrected chi connectivity index (χ2v) is 5.78. The first-order valence-electron chi connectivity index (χ1n) is 9.00. The van der Waals surface area contributed by atoms with Crippen molar-refractivity contribution in [3.63, 3.8) is 0 Å². The first-order valence-corrected chi connectivity index (χ1v) is 9.00. The van der Waals surface area contributed by atoms with Gasteiger partial charge in [0.2, 0.25) is 0 Å². The highest BCUT2D eigenvalue weighted by atomic mass is 16.5. The van der Waals surface area contributed by atoms with Crippen LogP contribution in [-0.4, -0.2) is 74.9 Å². The Morgan fingerprint density at radius 2 is 1.61 bits per heavy atom. The van der Waals surface area contributed by atoms with Gasteiger partial charge in [-0.3, -0.25) is 0 Å². The van der Waals surface area contributed by atoms with Crippen LogP contribution in [0.25, 0.3) is 0 Å². The van der Waals surface area contributed by atoms with Crippen molar-refractivity contribution in [3.8, 4) is 11.5 Å². The SMILES string of the molecule is COCCCNCCOCCOc1ccccc1OC(C)C.O=C(O)C(=O)O. The molecule has 1 aromatic carbocycles. The number of carboxylic acids is 2. The normalized spacial score (nSPS) is 10.1. The van der Waals surface area contributed by atoms with Crippen molar-refractivity contribution in [3.05, 3.63) is 24.3 Å². The van der Waals surface area contributed by atoms with Gasteiger partial charge in [-0.25, -0.2) is 9.59 Å². The largest absolute Gasteiger partial charge is 0.487 e. The van der Waals surface area contributed by atoms with Gasteiger partial charge >= 0.3 is 11.9 Å². The number of methoxy groups -OCH3 is 1. The summed E-state index contributed by atoms with van der Waals surface area (Å²) in [6, 6.07) is 7.71. The smallest absolute Gasteiger partial charge is 0.414 e. The number of ether oxygens (including phenoxy) is 4. The molecule has 160 valence electrons. The van der Waals surface area contributed by atoms with Gasteiger partial charge in [0.15, 0.2) is 11.5 Å². The maximum Gasteiger partial charge on any atom is 0.414 e. The predicted molar refractivity (Wildman–Crippen MR) is 103 cm³/mol. The highest BCUT2D eigenvalue weighted by molar-refractivity contribution is 6.27. The number of aliphatic carboxylic acids is 2. The summed E-state index contributed by atoms with van der Waals surface area (Å²) in [7, 11) is 1.72. The molecule has 0 aliphatic rings. The first kappa shape index (κ1) is 25.6. The molecule has 0 radical (unpaired) electrons. The molecule has 0 unspecified atom stereocenters. The first-order chi connectivity index (χ1) is 13.4. The Kier molecular flexibility index (Phi) is 15.4. The molecule has 1 aromatic rings. The molecule has 0 fully saturated rings. The fourth-order valence-corrected chi connectivity index (χ4v) is 1.84. The van der Waals surface area contributed by atoms with Crippen LogP contribution in [0.15, 0.2) is 24.3 Å². The molecule has 0 saturated carbocycles. The summed E-state index contributed by atoms with van der Waals surface area (Å²) in [6.45, 7) is 8.35. The van der Waals surface area contributed by atoms with Gasteiger partial charge in [0.05, 0.1) is 19.3 Å². The van der Waals surface area contributed by atoms with Crippen LogP contribution >= 0.6 is 0 Å². The van der Waals surface area contributed by atoms with Crippen LogP contribution in [0.1, 0.15) is 20.3 Å². The Hall–Kier alpha value is -2.36. The molecule has 28 heavy (non-hydrogen) atoms. The van der Waals surface area contributed by atoms with Gasteiger partial charge in [0.1, 0.15) is 6.61 Å². The fraction of sp³-hybridized carbons (Fsp3) is 0.579. The van der Waals surface area contributed by atoms with E-state index in [4.69, 9.17) is 38.7 Å². The number of nitrogens with one attached hydrogen (secondary N) is 1. The average Bonchev–Trinajstić information content (AvgIpc) is 2.64. The van der Waals surface area contributed by atoms with Crippen LogP contribution in [0, 0.1) is 0 Å². The lowest BCUT2D eigenvalue weighted by Crippen LogP contribution is -2.22. The molecule has 0 saturated heterocycles. The summed E-state index contributed by atoms with van der Waals surface area (Å²) in [5.74, 6) is -2.11. The zero-order chi connectivity index (χ0) is 21.2. The van der Waals surface area contributed by atoms with E-state index in [0.29, 0.717) is 19.8 Å². The third kappa shape index (κ3) is 14.8. The van der Waals surface area contributed by atoms with E-state index in [2.05, 4.69) is 5.32 Å². The van der Waals surface area contributed by atoms with E-state index in [1.54, 1.807) is 7.11 Å². The third-order valence-corrected chi connectivity index (χ3v) is 3.01. The summed E-state index contributed by atoms with van der Waals surface area (Å²) < 4.78 is 21.9. The molecule has 0 spiro atoms. The van der Waals surface area contributed by atoms with E-state index in [1.165, 1.54) is 0 Å². The molecule has 0 bridgehead atoms. The monoisotopic (exact) mass is 401 g/mol. The lowest BCUT2D eigenvalue weighted by Gasteiger charge is -2.14. The van der Waals surface area contributed by atoms with Crippen LogP contribution in [-0.2, 0) is 19.1 Å². The zero-order valence-corrected chi connectivity index (χ0v) is 16.7. The van der Waals surface area contributed by atoms with Crippen molar-refractivity contribution < 1.29 is 38.7 Å². The van der Waals surface area contributed by atoms with Crippen LogP contribution in [0.3, 0.4) is 0 Å². The van der Waals surface area contributed by atoms with Crippen molar-refractivity contribution in [2.45, 2.75) is 26.4 Å². The van der Waals surface area contributed by atoms with E-state index >= 15 is 0 Å². The van der Waals surface area contributed by atoms with E-state index in [0.717, 1.165) is 37.6 Å². The second kappa shape index (κ2) is 16.8. The van der Waals surface area contributed by atoms with Crippen LogP contribution < -0.4 is 14.8 Å². The number of benzene rings is 1. The number of rotatable bonds is 13. The van der Waals surface area contributed by atoms with Crippen LogP contribution in [0.4, 0.5) is 0 Å². The molecule has 1 rings (SSSR count). The summed E-state index contributed by atoms with van der Waals surface area (Å²) in [5, 5.41) is 18.1. The average molecular weight is 401 g/mol. The maximum absolute atomic E-state index is 9.10. The zero-order valence-electron chi connectivity index (χ0n) is 16.7. The van der Waals surface area contributed by atoms with Gasteiger partial charge in [0.25, 0.3) is 0 Å². The minimum absolute atomic E-state index is 0.130. The van der Waals surface area contributed by atoms with Gasteiger partial charge in [-0.1, -0.05) is 12.1 Å². The fourth-order valence-electron chi connectivity index (χ4n) is 1.84. The van der Waals surface area contributed by atoms with E-state index in [9.17, 15) is 0 Å². The number of carboxylic acid groups (broad SMARTS) is 2. The quantitative estimate of drug-likeness (QED) is 0.334. The minimum atomic E-state index is -1.82. The molecule has 0 aliphatic carbocycles. The molecular formula is C19H31NO8. The van der Waals surface area contributed by atoms with Crippen molar-refractivity contribution in [1.29, 1.82) is 0 Å². The molecule has 0 amide bonds. The van der Waals surface area contributed by atoms with Crippen molar-refractivity contribution in [2.75, 3.05) is 46.6 Å². The number of para-hydroxylation sites is 2. The summed E-state index contributed by atoms with van der Waals surface area (Å²) >= 11 is 0. The van der Waals surface area contributed by atoms with Gasteiger partial charge < -0.3 is 34.5 Å². The summed E-state index contributed by atoms with van der Waals surface area (Å²) in [6.07, 6.45) is 1.15. The predicted octanol–water partition coefficient (Wildman–Crippen LogP) is 1.65. The van der Waals surface area contributed by atoms with E-state index < -0.39 is 11.9 Å². The van der Waals surface area contributed by atoms with Crippen LogP contribution in [0.2, 0.25) is 0 Å². The Balaban J connectivity index is 0.00000105. The summed E-state index contributed by atoms with van der Waals surface area (Å²) in [5.41, 5.74) is 0. The number of carbonyl (C=O) groups is 2.